The van der Waals surface area contributed by atoms with Crippen molar-refractivity contribution in [1.82, 2.24) is 9.80 Å². The number of amides is 2. The summed E-state index contributed by atoms with van der Waals surface area (Å²) < 4.78 is 19.4. The standard InChI is InChI=1S/C20H28FN3O3S.ClH/c1-15(2)27-18-13-16(21)5-6-17(18)23-11-9-22(10-12-23)7-3-4-8-24-19(25)14-28-20(24)26;/h5-6,13,15H,3-4,7-12,14H2,1-2H3;1H. The minimum atomic E-state index is -0.286. The van der Waals surface area contributed by atoms with Crippen molar-refractivity contribution in [1.29, 1.82) is 0 Å². The summed E-state index contributed by atoms with van der Waals surface area (Å²) >= 11 is 1.09. The predicted octanol–water partition coefficient (Wildman–Crippen LogP) is 3.63. The number of piperazine rings is 1. The molecule has 2 fully saturated rings. The highest BCUT2D eigenvalue weighted by Gasteiger charge is 2.29. The maximum absolute atomic E-state index is 13.6. The second-order valence-corrected chi connectivity index (χ2v) is 8.34. The summed E-state index contributed by atoms with van der Waals surface area (Å²) in [7, 11) is 0. The average Bonchev–Trinajstić information content (AvgIpc) is 2.97. The maximum Gasteiger partial charge on any atom is 0.288 e. The predicted molar refractivity (Wildman–Crippen MR) is 117 cm³/mol. The molecule has 2 saturated heterocycles. The Balaban J connectivity index is 0.00000300. The molecule has 162 valence electrons. The van der Waals surface area contributed by atoms with Gasteiger partial charge in [0.1, 0.15) is 11.6 Å². The van der Waals surface area contributed by atoms with Crippen molar-refractivity contribution in [3.63, 3.8) is 0 Å². The molecule has 2 aliphatic heterocycles. The number of nitrogens with zero attached hydrogens (tertiary/aromatic N) is 3. The Morgan fingerprint density at radius 2 is 1.79 bits per heavy atom. The molecular weight excluding hydrogens is 417 g/mol. The lowest BCUT2D eigenvalue weighted by Gasteiger charge is -2.37. The van der Waals surface area contributed by atoms with E-state index in [1.54, 1.807) is 6.07 Å². The molecule has 3 rings (SSSR count). The number of rotatable bonds is 8. The normalized spacial score (nSPS) is 17.8. The quantitative estimate of drug-likeness (QED) is 0.569. The van der Waals surface area contributed by atoms with E-state index in [4.69, 9.17) is 4.74 Å². The zero-order chi connectivity index (χ0) is 20.1. The Labute approximate surface area is 182 Å². The van der Waals surface area contributed by atoms with Gasteiger partial charge in [0.25, 0.3) is 5.24 Å². The average molecular weight is 446 g/mol. The number of imide groups is 1. The molecule has 0 N–H and O–H groups in total. The molecule has 0 bridgehead atoms. The van der Waals surface area contributed by atoms with Crippen LogP contribution in [-0.2, 0) is 4.79 Å². The highest BCUT2D eigenvalue weighted by molar-refractivity contribution is 8.14. The number of benzene rings is 1. The highest BCUT2D eigenvalue weighted by Crippen LogP contribution is 2.31. The smallest absolute Gasteiger partial charge is 0.288 e. The van der Waals surface area contributed by atoms with E-state index in [1.807, 2.05) is 13.8 Å². The second-order valence-electron chi connectivity index (χ2n) is 7.41. The molecule has 0 aromatic heterocycles. The molecule has 0 aliphatic carbocycles. The fourth-order valence-electron chi connectivity index (χ4n) is 3.51. The number of carbonyl (C=O) groups excluding carboxylic acids is 2. The van der Waals surface area contributed by atoms with Crippen LogP contribution in [0.2, 0.25) is 0 Å². The molecule has 2 amide bonds. The third-order valence-electron chi connectivity index (χ3n) is 4.94. The zero-order valence-electron chi connectivity index (χ0n) is 16.9. The number of thioether (sulfide) groups is 1. The van der Waals surface area contributed by atoms with Gasteiger partial charge in [-0.05, 0) is 45.4 Å². The van der Waals surface area contributed by atoms with Crippen molar-refractivity contribution < 1.29 is 18.7 Å². The summed E-state index contributed by atoms with van der Waals surface area (Å²) in [5.41, 5.74) is 0.943. The number of halogens is 2. The summed E-state index contributed by atoms with van der Waals surface area (Å²) in [6, 6.07) is 4.74. The molecule has 0 saturated carbocycles. The molecule has 2 heterocycles. The monoisotopic (exact) mass is 445 g/mol. The first-order valence-corrected chi connectivity index (χ1v) is 10.8. The molecule has 0 radical (unpaired) electrons. The fraction of sp³-hybridized carbons (Fsp3) is 0.600. The van der Waals surface area contributed by atoms with Gasteiger partial charge in [-0.15, -0.1) is 12.4 Å². The highest BCUT2D eigenvalue weighted by atomic mass is 35.5. The van der Waals surface area contributed by atoms with E-state index in [9.17, 15) is 14.0 Å². The molecule has 9 heteroatoms. The summed E-state index contributed by atoms with van der Waals surface area (Å²) in [6.45, 7) is 8.93. The first-order valence-electron chi connectivity index (χ1n) is 9.84. The molecule has 6 nitrogen and oxygen atoms in total. The zero-order valence-corrected chi connectivity index (χ0v) is 18.6. The topological polar surface area (TPSA) is 53.1 Å². The summed E-state index contributed by atoms with van der Waals surface area (Å²) in [6.07, 6.45) is 1.79. The SMILES string of the molecule is CC(C)Oc1cc(F)ccc1N1CCN(CCCCN2C(=O)CSC2=O)CC1.Cl. The number of ether oxygens (including phenoxy) is 1. The minimum Gasteiger partial charge on any atom is -0.489 e. The third-order valence-corrected chi connectivity index (χ3v) is 5.80. The number of carbonyl (C=O) groups is 2. The molecule has 0 atom stereocenters. The maximum atomic E-state index is 13.6. The largest absolute Gasteiger partial charge is 0.489 e. The van der Waals surface area contributed by atoms with Gasteiger partial charge in [0.2, 0.25) is 5.91 Å². The van der Waals surface area contributed by atoms with E-state index >= 15 is 0 Å². The first-order chi connectivity index (χ1) is 13.4. The Morgan fingerprint density at radius 1 is 1.10 bits per heavy atom. The Kier molecular flexibility index (Phi) is 9.04. The summed E-state index contributed by atoms with van der Waals surface area (Å²) in [5.74, 6) is 0.530. The van der Waals surface area contributed by atoms with Gasteiger partial charge in [-0.25, -0.2) is 4.39 Å². The second kappa shape index (κ2) is 11.0. The van der Waals surface area contributed by atoms with Gasteiger partial charge in [0, 0.05) is 38.8 Å². The van der Waals surface area contributed by atoms with Crippen LogP contribution in [0.25, 0.3) is 0 Å². The van der Waals surface area contributed by atoms with Gasteiger partial charge in [-0.3, -0.25) is 19.4 Å². The number of anilines is 1. The summed E-state index contributed by atoms with van der Waals surface area (Å²) in [4.78, 5) is 29.2. The summed E-state index contributed by atoms with van der Waals surface area (Å²) in [5, 5.41) is -0.114. The molecular formula is C20H29ClFN3O3S. The molecule has 29 heavy (non-hydrogen) atoms. The minimum absolute atomic E-state index is 0. The van der Waals surface area contributed by atoms with E-state index in [1.165, 1.54) is 17.0 Å². The van der Waals surface area contributed by atoms with E-state index in [2.05, 4.69) is 9.80 Å². The van der Waals surface area contributed by atoms with Gasteiger partial charge in [0.15, 0.2) is 0 Å². The van der Waals surface area contributed by atoms with Gasteiger partial charge >= 0.3 is 0 Å². The van der Waals surface area contributed by atoms with Crippen molar-refractivity contribution in [2.45, 2.75) is 32.8 Å². The first kappa shape index (κ1) is 23.8. The van der Waals surface area contributed by atoms with Crippen LogP contribution in [0.15, 0.2) is 18.2 Å². The van der Waals surface area contributed by atoms with Crippen LogP contribution in [0, 0.1) is 5.82 Å². The lowest BCUT2D eigenvalue weighted by Crippen LogP contribution is -2.46. The van der Waals surface area contributed by atoms with Crippen LogP contribution >= 0.6 is 24.2 Å². The fourth-order valence-corrected chi connectivity index (χ4v) is 4.26. The molecule has 2 aliphatic rings. The van der Waals surface area contributed by atoms with Crippen molar-refractivity contribution in [2.75, 3.05) is 49.9 Å². The Bertz CT molecular complexity index is 698. The van der Waals surface area contributed by atoms with Crippen molar-refractivity contribution in [3.8, 4) is 5.75 Å². The molecule has 1 aromatic carbocycles. The van der Waals surface area contributed by atoms with Gasteiger partial charge in [-0.2, -0.15) is 0 Å². The van der Waals surface area contributed by atoms with E-state index in [0.717, 1.165) is 63.0 Å². The van der Waals surface area contributed by atoms with Crippen LogP contribution in [0.1, 0.15) is 26.7 Å². The van der Waals surface area contributed by atoms with Gasteiger partial charge in [0.05, 0.1) is 17.5 Å². The van der Waals surface area contributed by atoms with Crippen molar-refractivity contribution in [2.24, 2.45) is 0 Å². The van der Waals surface area contributed by atoms with Gasteiger partial charge < -0.3 is 9.64 Å². The number of hydrogen-bond donors (Lipinski definition) is 0. The number of unbranched alkanes of at least 4 members (excludes halogenated alkanes) is 1. The van der Waals surface area contributed by atoms with Crippen LogP contribution in [0.5, 0.6) is 5.75 Å². The Morgan fingerprint density at radius 3 is 2.41 bits per heavy atom. The molecule has 0 spiro atoms. The number of hydrogen-bond acceptors (Lipinski definition) is 6. The van der Waals surface area contributed by atoms with Crippen LogP contribution in [0.4, 0.5) is 14.9 Å². The lowest BCUT2D eigenvalue weighted by molar-refractivity contribution is -0.124. The Hall–Kier alpha value is -1.51. The molecule has 1 aromatic rings. The lowest BCUT2D eigenvalue weighted by atomic mass is 10.2. The van der Waals surface area contributed by atoms with Gasteiger partial charge in [-0.1, -0.05) is 11.8 Å². The van der Waals surface area contributed by atoms with E-state index in [0.29, 0.717) is 12.3 Å². The van der Waals surface area contributed by atoms with Crippen LogP contribution < -0.4 is 9.64 Å². The van der Waals surface area contributed by atoms with Crippen LogP contribution in [0.3, 0.4) is 0 Å². The van der Waals surface area contributed by atoms with E-state index < -0.39 is 0 Å². The third kappa shape index (κ3) is 6.49. The van der Waals surface area contributed by atoms with Crippen molar-refractivity contribution in [3.05, 3.63) is 24.0 Å². The van der Waals surface area contributed by atoms with Crippen LogP contribution in [-0.4, -0.2) is 72.1 Å². The van der Waals surface area contributed by atoms with E-state index in [-0.39, 0.29) is 41.2 Å². The molecule has 0 unspecified atom stereocenters. The van der Waals surface area contributed by atoms with Crippen molar-refractivity contribution >= 4 is 41.0 Å².